The normalized spacial score (nSPS) is 16.0. The van der Waals surface area contributed by atoms with Crippen molar-refractivity contribution in [1.29, 1.82) is 0 Å². The van der Waals surface area contributed by atoms with Crippen LogP contribution >= 0.6 is 31.9 Å². The lowest BCUT2D eigenvalue weighted by Crippen LogP contribution is -2.36. The molecule has 1 fully saturated rings. The Morgan fingerprint density at radius 1 is 1.16 bits per heavy atom. The van der Waals surface area contributed by atoms with E-state index >= 15 is 0 Å². The highest BCUT2D eigenvalue weighted by atomic mass is 79.9. The van der Waals surface area contributed by atoms with Crippen LogP contribution in [0.25, 0.3) is 5.65 Å². The first kappa shape index (κ1) is 13.1. The summed E-state index contributed by atoms with van der Waals surface area (Å²) in [5.74, 6) is 0.0198. The molecular formula is C13H13Br2N3O. The summed E-state index contributed by atoms with van der Waals surface area (Å²) < 4.78 is 3.55. The molecule has 0 aliphatic carbocycles. The van der Waals surface area contributed by atoms with Gasteiger partial charge >= 0.3 is 0 Å². The van der Waals surface area contributed by atoms with Gasteiger partial charge in [-0.05, 0) is 63.3 Å². The third-order valence-electron chi connectivity index (χ3n) is 3.37. The number of halogens is 2. The number of pyridine rings is 1. The van der Waals surface area contributed by atoms with Gasteiger partial charge in [-0.25, -0.2) is 4.98 Å². The zero-order valence-electron chi connectivity index (χ0n) is 10.3. The summed E-state index contributed by atoms with van der Waals surface area (Å²) in [6.07, 6.45) is 5.28. The van der Waals surface area contributed by atoms with E-state index in [9.17, 15) is 4.79 Å². The molecule has 0 unspecified atom stereocenters. The van der Waals surface area contributed by atoms with Gasteiger partial charge in [0.05, 0.1) is 0 Å². The van der Waals surface area contributed by atoms with E-state index in [0.29, 0.717) is 5.69 Å². The molecule has 0 spiro atoms. The fourth-order valence-corrected chi connectivity index (χ4v) is 3.25. The molecule has 0 radical (unpaired) electrons. The van der Waals surface area contributed by atoms with E-state index in [2.05, 4.69) is 36.8 Å². The first-order valence-corrected chi connectivity index (χ1v) is 7.88. The number of fused-ring (bicyclic) bond motifs is 1. The average molecular weight is 387 g/mol. The van der Waals surface area contributed by atoms with E-state index in [1.54, 1.807) is 0 Å². The predicted molar refractivity (Wildman–Crippen MR) is 80.3 cm³/mol. The summed E-state index contributed by atoms with van der Waals surface area (Å²) in [5, 5.41) is 0. The number of aromatic nitrogens is 2. The molecule has 0 bridgehead atoms. The summed E-state index contributed by atoms with van der Waals surface area (Å²) >= 11 is 6.91. The molecule has 4 nitrogen and oxygen atoms in total. The van der Waals surface area contributed by atoms with E-state index in [1.165, 1.54) is 6.42 Å². The van der Waals surface area contributed by atoms with Gasteiger partial charge in [0.25, 0.3) is 5.91 Å². The molecule has 3 heterocycles. The highest BCUT2D eigenvalue weighted by Crippen LogP contribution is 2.23. The van der Waals surface area contributed by atoms with Gasteiger partial charge < -0.3 is 4.90 Å². The Morgan fingerprint density at radius 3 is 2.63 bits per heavy atom. The fourth-order valence-electron chi connectivity index (χ4n) is 2.37. The summed E-state index contributed by atoms with van der Waals surface area (Å²) in [5.41, 5.74) is 1.27. The first-order chi connectivity index (χ1) is 9.16. The monoisotopic (exact) mass is 385 g/mol. The minimum atomic E-state index is 0.0198. The van der Waals surface area contributed by atoms with Crippen LogP contribution in [0.5, 0.6) is 0 Å². The standard InChI is InChI=1S/C13H13Br2N3O/c14-9-4-5-10-16-11(12(15)18(10)8-9)13(19)17-6-2-1-3-7-17/h4-5,8H,1-3,6-7H2. The molecule has 0 aromatic carbocycles. The molecule has 1 saturated heterocycles. The molecule has 2 aromatic rings. The lowest BCUT2D eigenvalue weighted by Gasteiger charge is -2.25. The van der Waals surface area contributed by atoms with Crippen LogP contribution in [0.4, 0.5) is 0 Å². The zero-order valence-corrected chi connectivity index (χ0v) is 13.4. The molecule has 100 valence electrons. The number of nitrogens with zero attached hydrogens (tertiary/aromatic N) is 3. The van der Waals surface area contributed by atoms with Crippen molar-refractivity contribution in [3.05, 3.63) is 33.1 Å². The number of hydrogen-bond donors (Lipinski definition) is 0. The Morgan fingerprint density at radius 2 is 1.89 bits per heavy atom. The molecule has 0 saturated carbocycles. The Hall–Kier alpha value is -0.880. The van der Waals surface area contributed by atoms with Gasteiger partial charge in [0.1, 0.15) is 10.3 Å². The smallest absolute Gasteiger partial charge is 0.275 e. The van der Waals surface area contributed by atoms with Crippen LogP contribution in [-0.4, -0.2) is 33.3 Å². The molecule has 0 atom stereocenters. The first-order valence-electron chi connectivity index (χ1n) is 6.29. The van der Waals surface area contributed by atoms with E-state index in [0.717, 1.165) is 40.7 Å². The summed E-state index contributed by atoms with van der Waals surface area (Å²) in [7, 11) is 0. The van der Waals surface area contributed by atoms with Gasteiger partial charge in [-0.15, -0.1) is 0 Å². The zero-order chi connectivity index (χ0) is 13.4. The second-order valence-corrected chi connectivity index (χ2v) is 6.35. The number of hydrogen-bond acceptors (Lipinski definition) is 2. The molecule has 19 heavy (non-hydrogen) atoms. The Kier molecular flexibility index (Phi) is 3.62. The van der Waals surface area contributed by atoms with Crippen LogP contribution < -0.4 is 0 Å². The Balaban J connectivity index is 2.00. The predicted octanol–water partition coefficient (Wildman–Crippen LogP) is 3.49. The number of carbonyl (C=O) groups is 1. The molecule has 1 amide bonds. The van der Waals surface area contributed by atoms with E-state index in [4.69, 9.17) is 0 Å². The van der Waals surface area contributed by atoms with Crippen LogP contribution in [0, 0.1) is 0 Å². The van der Waals surface area contributed by atoms with Crippen molar-refractivity contribution in [2.75, 3.05) is 13.1 Å². The molecule has 0 N–H and O–H groups in total. The molecule has 2 aromatic heterocycles. The number of rotatable bonds is 1. The van der Waals surface area contributed by atoms with Gasteiger partial charge in [0.15, 0.2) is 5.69 Å². The number of imidazole rings is 1. The SMILES string of the molecule is O=C(c1nc2ccc(Br)cn2c1Br)N1CCCCC1. The van der Waals surface area contributed by atoms with Crippen molar-refractivity contribution in [2.24, 2.45) is 0 Å². The minimum Gasteiger partial charge on any atom is -0.337 e. The largest absolute Gasteiger partial charge is 0.337 e. The number of piperidine rings is 1. The maximum atomic E-state index is 12.5. The summed E-state index contributed by atoms with van der Waals surface area (Å²) in [6, 6.07) is 3.81. The highest BCUT2D eigenvalue weighted by molar-refractivity contribution is 9.10. The van der Waals surface area contributed by atoms with Crippen molar-refractivity contribution in [3.8, 4) is 0 Å². The lowest BCUT2D eigenvalue weighted by molar-refractivity contribution is 0.0718. The molecule has 3 rings (SSSR count). The molecule has 1 aliphatic heterocycles. The van der Waals surface area contributed by atoms with Crippen molar-refractivity contribution < 1.29 is 4.79 Å². The van der Waals surface area contributed by atoms with Crippen molar-refractivity contribution in [2.45, 2.75) is 19.3 Å². The number of amides is 1. The van der Waals surface area contributed by atoms with Gasteiger partial charge in [0, 0.05) is 23.8 Å². The topological polar surface area (TPSA) is 37.6 Å². The van der Waals surface area contributed by atoms with Crippen LogP contribution in [0.3, 0.4) is 0 Å². The summed E-state index contributed by atoms with van der Waals surface area (Å²) in [6.45, 7) is 1.67. The maximum absolute atomic E-state index is 12.5. The maximum Gasteiger partial charge on any atom is 0.275 e. The van der Waals surface area contributed by atoms with Crippen LogP contribution in [0.15, 0.2) is 27.4 Å². The van der Waals surface area contributed by atoms with Gasteiger partial charge in [0.2, 0.25) is 0 Å². The second kappa shape index (κ2) is 5.25. The Labute approximate surface area is 128 Å². The van der Waals surface area contributed by atoms with Crippen LogP contribution in [0.1, 0.15) is 29.8 Å². The fraction of sp³-hybridized carbons (Fsp3) is 0.385. The highest BCUT2D eigenvalue weighted by Gasteiger charge is 2.24. The van der Waals surface area contributed by atoms with Crippen molar-refractivity contribution >= 4 is 43.4 Å². The van der Waals surface area contributed by atoms with Gasteiger partial charge in [-0.2, -0.15) is 0 Å². The van der Waals surface area contributed by atoms with Crippen molar-refractivity contribution in [1.82, 2.24) is 14.3 Å². The quantitative estimate of drug-likeness (QED) is 0.752. The minimum absolute atomic E-state index is 0.0198. The number of carbonyl (C=O) groups excluding carboxylic acids is 1. The molecule has 1 aliphatic rings. The van der Waals surface area contributed by atoms with E-state index in [1.807, 2.05) is 27.6 Å². The van der Waals surface area contributed by atoms with E-state index in [-0.39, 0.29) is 5.91 Å². The van der Waals surface area contributed by atoms with Crippen LogP contribution in [-0.2, 0) is 0 Å². The third-order valence-corrected chi connectivity index (χ3v) is 4.60. The Bertz CT molecular complexity index is 632. The molecular weight excluding hydrogens is 374 g/mol. The van der Waals surface area contributed by atoms with Crippen molar-refractivity contribution in [3.63, 3.8) is 0 Å². The summed E-state index contributed by atoms with van der Waals surface area (Å²) in [4.78, 5) is 18.8. The second-order valence-electron chi connectivity index (χ2n) is 4.68. The third kappa shape index (κ3) is 2.43. The van der Waals surface area contributed by atoms with Gasteiger partial charge in [-0.1, -0.05) is 0 Å². The molecule has 6 heteroatoms. The lowest BCUT2D eigenvalue weighted by atomic mass is 10.1. The van der Waals surface area contributed by atoms with Gasteiger partial charge in [-0.3, -0.25) is 9.20 Å². The van der Waals surface area contributed by atoms with Crippen LogP contribution in [0.2, 0.25) is 0 Å². The number of likely N-dealkylation sites (tertiary alicyclic amines) is 1. The average Bonchev–Trinajstić information content (AvgIpc) is 2.76. The van der Waals surface area contributed by atoms with E-state index < -0.39 is 0 Å².